The Hall–Kier alpha value is -7.34. The third kappa shape index (κ3) is 13.4. The minimum absolute atomic E-state index is 0.168. The van der Waals surface area contributed by atoms with E-state index in [1.807, 2.05) is 0 Å². The van der Waals surface area contributed by atoms with Crippen molar-refractivity contribution in [3.63, 3.8) is 0 Å². The molecule has 2 atom stereocenters. The van der Waals surface area contributed by atoms with E-state index in [4.69, 9.17) is 22.9 Å². The molecule has 0 radical (unpaired) electrons. The smallest absolute Gasteiger partial charge is 0.251 e. The van der Waals surface area contributed by atoms with E-state index in [2.05, 4.69) is 36.6 Å². The third-order valence-corrected chi connectivity index (χ3v) is 10.4. The van der Waals surface area contributed by atoms with Gasteiger partial charge in [-0.25, -0.2) is 0 Å². The molecule has 0 spiro atoms. The van der Waals surface area contributed by atoms with E-state index in [0.717, 1.165) is 4.90 Å². The van der Waals surface area contributed by atoms with Gasteiger partial charge in [0.15, 0.2) is 0 Å². The average Bonchev–Trinajstić information content (AvgIpc) is 3.21. The maximum atomic E-state index is 13.3. The molecule has 4 aromatic rings. The molecule has 2 heterocycles. The van der Waals surface area contributed by atoms with Gasteiger partial charge < -0.3 is 54.4 Å². The number of benzene rings is 2. The Morgan fingerprint density at radius 1 is 0.633 bits per heavy atom. The molecule has 314 valence electrons. The topological polar surface area (TPSA) is 364 Å². The van der Waals surface area contributed by atoms with Crippen LogP contribution in [0.1, 0.15) is 23.2 Å². The lowest BCUT2D eigenvalue weighted by Gasteiger charge is -2.19. The molecule has 0 fully saturated rings. The number of pyridine rings is 2. The maximum absolute atomic E-state index is 13.3. The number of hydrogen-bond donors (Lipinski definition) is 9. The molecule has 10 amide bonds. The number of aromatic nitrogens is 2. The van der Waals surface area contributed by atoms with Crippen molar-refractivity contribution in [2.75, 3.05) is 31.1 Å². The summed E-state index contributed by atoms with van der Waals surface area (Å²) in [4.78, 5) is 132. The van der Waals surface area contributed by atoms with Crippen LogP contribution in [0.25, 0.3) is 21.8 Å². The Kier molecular flexibility index (Phi) is 16.2. The number of fused-ring (bicyclic) bond motifs is 2. The number of primary amides is 4. The lowest BCUT2D eigenvalue weighted by atomic mass is 10.1. The minimum atomic E-state index is -1.37. The molecule has 2 aromatic carbocycles. The Labute approximate surface area is 347 Å². The van der Waals surface area contributed by atoms with Crippen molar-refractivity contribution >= 4 is 109 Å². The third-order valence-electron chi connectivity index (χ3n) is 8.05. The van der Waals surface area contributed by atoms with E-state index in [-0.39, 0.29) is 5.56 Å². The molecule has 2 aromatic heterocycles. The van der Waals surface area contributed by atoms with Crippen LogP contribution in [-0.2, 0) is 43.2 Å². The van der Waals surface area contributed by atoms with Gasteiger partial charge in [0.05, 0.1) is 43.5 Å². The molecule has 4 rings (SSSR count). The van der Waals surface area contributed by atoms with Gasteiger partial charge in [0.25, 0.3) is 5.91 Å². The SMILES string of the molecule is NC(=O)C[C@H](NC(=O)CNC(=O)CNC(=O)c1cc(SSc2cc(N(C=O)CC(=O)NCC(=O)N[C@@H](CC(N)=O)C(N)=O)cc3cccnc23)c2ncccc2c1)C(N)=O. The van der Waals surface area contributed by atoms with Crippen LogP contribution in [0.4, 0.5) is 5.69 Å². The molecule has 0 aliphatic carbocycles. The van der Waals surface area contributed by atoms with Crippen LogP contribution in [0.2, 0.25) is 0 Å². The predicted octanol–water partition coefficient (Wildman–Crippen LogP) is -2.80. The summed E-state index contributed by atoms with van der Waals surface area (Å²) in [5.74, 6) is -7.49. The molecule has 60 heavy (non-hydrogen) atoms. The van der Waals surface area contributed by atoms with Crippen molar-refractivity contribution < 1.29 is 47.9 Å². The predicted molar refractivity (Wildman–Crippen MR) is 217 cm³/mol. The minimum Gasteiger partial charge on any atom is -0.370 e. The number of nitrogens with zero attached hydrogens (tertiary/aromatic N) is 3. The Bertz CT molecular complexity index is 2370. The molecule has 24 heteroatoms. The van der Waals surface area contributed by atoms with Crippen LogP contribution < -0.4 is 54.4 Å². The van der Waals surface area contributed by atoms with Gasteiger partial charge in [0.1, 0.15) is 18.6 Å². The molecule has 0 aliphatic heterocycles. The number of nitrogens with two attached hydrogens (primary N) is 4. The van der Waals surface area contributed by atoms with Crippen molar-refractivity contribution in [1.82, 2.24) is 36.6 Å². The second-order valence-electron chi connectivity index (χ2n) is 12.6. The van der Waals surface area contributed by atoms with Crippen LogP contribution in [0.5, 0.6) is 0 Å². The fourth-order valence-electron chi connectivity index (χ4n) is 5.24. The van der Waals surface area contributed by atoms with Gasteiger partial charge in [0, 0.05) is 44.2 Å². The van der Waals surface area contributed by atoms with Crippen molar-refractivity contribution in [3.8, 4) is 0 Å². The van der Waals surface area contributed by atoms with Gasteiger partial charge in [-0.2, -0.15) is 0 Å². The molecule has 0 saturated heterocycles. The second kappa shape index (κ2) is 21.4. The van der Waals surface area contributed by atoms with E-state index in [1.54, 1.807) is 60.9 Å². The van der Waals surface area contributed by atoms with Crippen LogP contribution >= 0.6 is 21.6 Å². The summed E-state index contributed by atoms with van der Waals surface area (Å²) >= 11 is 0. The van der Waals surface area contributed by atoms with Gasteiger partial charge in [-0.3, -0.25) is 57.9 Å². The summed E-state index contributed by atoms with van der Waals surface area (Å²) in [5, 5.41) is 12.7. The largest absolute Gasteiger partial charge is 0.370 e. The molecule has 0 saturated carbocycles. The lowest BCUT2D eigenvalue weighted by Crippen LogP contribution is -2.50. The summed E-state index contributed by atoms with van der Waals surface area (Å²) in [6.45, 7) is -2.22. The van der Waals surface area contributed by atoms with Crippen LogP contribution in [0, 0.1) is 0 Å². The zero-order valence-electron chi connectivity index (χ0n) is 31.3. The highest BCUT2D eigenvalue weighted by Crippen LogP contribution is 2.44. The van der Waals surface area contributed by atoms with Gasteiger partial charge >= 0.3 is 0 Å². The van der Waals surface area contributed by atoms with Gasteiger partial charge in [0.2, 0.25) is 53.7 Å². The van der Waals surface area contributed by atoms with E-state index in [1.165, 1.54) is 21.6 Å². The number of hydrogen-bond acceptors (Lipinski definition) is 14. The molecular weight excluding hydrogens is 825 g/mol. The molecule has 0 unspecified atom stereocenters. The Morgan fingerprint density at radius 2 is 1.12 bits per heavy atom. The Morgan fingerprint density at radius 3 is 1.62 bits per heavy atom. The average molecular weight is 863 g/mol. The van der Waals surface area contributed by atoms with Crippen molar-refractivity contribution in [2.24, 2.45) is 22.9 Å². The van der Waals surface area contributed by atoms with E-state index in [9.17, 15) is 47.9 Å². The van der Waals surface area contributed by atoms with Crippen molar-refractivity contribution in [3.05, 3.63) is 66.5 Å². The zero-order chi connectivity index (χ0) is 43.9. The van der Waals surface area contributed by atoms with Crippen LogP contribution in [-0.4, -0.2) is 108 Å². The summed E-state index contributed by atoms with van der Waals surface area (Å²) in [7, 11) is 2.44. The van der Waals surface area contributed by atoms with Crippen LogP contribution in [0.15, 0.2) is 70.7 Å². The Balaban J connectivity index is 1.45. The number of anilines is 1. The van der Waals surface area contributed by atoms with Gasteiger partial charge in [-0.05, 0) is 36.4 Å². The van der Waals surface area contributed by atoms with E-state index < -0.39 is 104 Å². The molecule has 0 aliphatic rings. The normalized spacial score (nSPS) is 11.7. The monoisotopic (exact) mass is 862 g/mol. The maximum Gasteiger partial charge on any atom is 0.251 e. The summed E-state index contributed by atoms with van der Waals surface area (Å²) < 4.78 is 0. The molecule has 22 nitrogen and oxygen atoms in total. The highest BCUT2D eigenvalue weighted by atomic mass is 33.1. The first-order valence-electron chi connectivity index (χ1n) is 17.4. The molecular formula is C36H38N12O10S2. The lowest BCUT2D eigenvalue weighted by molar-refractivity contribution is -0.130. The number of carbonyl (C=O) groups excluding carboxylic acids is 10. The standard InChI is InChI=1S/C36H38N12O10S2/c37-26(50)11-22(34(39)56)46-29(53)14-43-28(52)13-45-36(58)20-7-18-3-1-5-41-32(18)24(9-20)59-60-25-10-21(8-19-4-2-6-42-33(19)25)48(17-49)16-31(55)44-15-30(54)47-23(35(40)57)12-27(38)51/h1-10,17,22-23H,11-16H2,(H2,37,50)(H2,38,51)(H2,39,56)(H2,40,57)(H,43,52)(H,44,55)(H,45,58)(H,46,53)(H,47,54)/t22-,23-/m0/s1. The fraction of sp³-hybridized carbons (Fsp3) is 0.222. The first kappa shape index (κ1) is 45.4. The van der Waals surface area contributed by atoms with E-state index in [0.29, 0.717) is 43.7 Å². The molecule has 13 N–H and O–H groups in total. The molecule has 0 bridgehead atoms. The summed E-state index contributed by atoms with van der Waals surface area (Å²) in [5.41, 5.74) is 22.0. The van der Waals surface area contributed by atoms with Crippen molar-refractivity contribution in [1.29, 1.82) is 0 Å². The van der Waals surface area contributed by atoms with Gasteiger partial charge in [-0.1, -0.05) is 33.7 Å². The van der Waals surface area contributed by atoms with Crippen molar-refractivity contribution in [2.45, 2.75) is 34.7 Å². The van der Waals surface area contributed by atoms with Crippen LogP contribution in [0.3, 0.4) is 0 Å². The number of carbonyl (C=O) groups is 10. The van der Waals surface area contributed by atoms with E-state index >= 15 is 0 Å². The fourth-order valence-corrected chi connectivity index (χ4v) is 7.56. The summed E-state index contributed by atoms with van der Waals surface area (Å²) in [6, 6.07) is 10.5. The second-order valence-corrected chi connectivity index (χ2v) is 14.8. The number of nitrogens with one attached hydrogen (secondary N) is 5. The highest BCUT2D eigenvalue weighted by molar-refractivity contribution is 8.76. The number of rotatable bonds is 22. The quantitative estimate of drug-likeness (QED) is 0.0285. The summed E-state index contributed by atoms with van der Waals surface area (Å²) in [6.07, 6.45) is 2.51. The first-order chi connectivity index (χ1) is 28.5. The number of amides is 10. The zero-order valence-corrected chi connectivity index (χ0v) is 32.9. The van der Waals surface area contributed by atoms with Gasteiger partial charge in [-0.15, -0.1) is 0 Å². The highest BCUT2D eigenvalue weighted by Gasteiger charge is 2.23. The first-order valence-corrected chi connectivity index (χ1v) is 19.6.